The Morgan fingerprint density at radius 1 is 0.926 bits per heavy atom. The molecule has 4 aromatic rings. The van der Waals surface area contributed by atoms with Crippen LogP contribution in [0.2, 0.25) is 0 Å². The lowest BCUT2D eigenvalue weighted by Gasteiger charge is -2.12. The second-order valence-electron chi connectivity index (χ2n) is 6.48. The summed E-state index contributed by atoms with van der Waals surface area (Å²) in [5.74, 6) is 0.817. The number of carbonyl (C=O) groups excluding carboxylic acids is 1. The first-order valence-electron chi connectivity index (χ1n) is 8.31. The molecule has 7 heteroatoms. The highest BCUT2D eigenvalue weighted by Crippen LogP contribution is 2.35. The van der Waals surface area contributed by atoms with Crippen molar-refractivity contribution < 1.29 is 19.0 Å². The summed E-state index contributed by atoms with van der Waals surface area (Å²) in [4.78, 5) is 29.1. The van der Waals surface area contributed by atoms with E-state index in [1.165, 1.54) is 18.8 Å². The Labute approximate surface area is 150 Å². The van der Waals surface area contributed by atoms with E-state index in [-0.39, 0.29) is 17.9 Å². The van der Waals surface area contributed by atoms with E-state index in [4.69, 9.17) is 19.2 Å². The largest absolute Gasteiger partial charge is 0.458 e. The van der Waals surface area contributed by atoms with E-state index in [9.17, 15) is 9.59 Å². The number of pyridine rings is 2. The quantitative estimate of drug-likeness (QED) is 0.446. The Hall–Kier alpha value is -3.87. The second-order valence-corrected chi connectivity index (χ2v) is 6.48. The maximum atomic E-state index is 12.8. The molecule has 0 aliphatic carbocycles. The van der Waals surface area contributed by atoms with Gasteiger partial charge in [-0.25, -0.2) is 4.98 Å². The number of cyclic esters (lactones) is 1. The Kier molecular flexibility index (Phi) is 2.57. The number of esters is 1. The first-order valence-corrected chi connectivity index (χ1v) is 8.31. The maximum Gasteiger partial charge on any atom is 0.315 e. The lowest BCUT2D eigenvalue weighted by atomic mass is 10.1. The molecule has 0 radical (unpaired) electrons. The Balaban J connectivity index is 1.71. The Morgan fingerprint density at radius 3 is 2.59 bits per heavy atom. The zero-order chi connectivity index (χ0) is 18.1. The van der Waals surface area contributed by atoms with Crippen LogP contribution in [0.5, 0.6) is 11.5 Å². The van der Waals surface area contributed by atoms with Crippen molar-refractivity contribution in [2.45, 2.75) is 6.42 Å². The third-order valence-electron chi connectivity index (χ3n) is 4.87. The van der Waals surface area contributed by atoms with Gasteiger partial charge in [0.1, 0.15) is 18.8 Å². The van der Waals surface area contributed by atoms with Gasteiger partial charge >= 0.3 is 5.97 Å². The fourth-order valence-corrected chi connectivity index (χ4v) is 3.62. The standard InChI is InChI=1S/C20H10N2O5/c23-18-6-10-4-15-19-12(8-22(15)20(24)13(10)9-27-18)3-11-5-16-17(7-14(11)21-19)26-2-1-25-16/h1-5,7-9H,6H2. The summed E-state index contributed by atoms with van der Waals surface area (Å²) < 4.78 is 17.4. The predicted molar refractivity (Wildman–Crippen MR) is 96.3 cm³/mol. The van der Waals surface area contributed by atoms with Gasteiger partial charge < -0.3 is 14.2 Å². The van der Waals surface area contributed by atoms with Crippen molar-refractivity contribution in [3.8, 4) is 11.5 Å². The van der Waals surface area contributed by atoms with E-state index in [2.05, 4.69) is 0 Å². The van der Waals surface area contributed by atoms with Gasteiger partial charge in [-0.3, -0.25) is 14.0 Å². The van der Waals surface area contributed by atoms with Crippen LogP contribution in [-0.2, 0) is 16.0 Å². The Morgan fingerprint density at radius 2 is 1.74 bits per heavy atom. The molecule has 2 aliphatic heterocycles. The van der Waals surface area contributed by atoms with Crippen LogP contribution in [0.15, 0.2) is 47.8 Å². The molecule has 0 spiro atoms. The normalized spacial score (nSPS) is 15.0. The van der Waals surface area contributed by atoms with E-state index in [0.717, 1.165) is 16.3 Å². The first kappa shape index (κ1) is 14.3. The minimum Gasteiger partial charge on any atom is -0.458 e. The zero-order valence-corrected chi connectivity index (χ0v) is 13.8. The molecule has 0 N–H and O–H groups in total. The summed E-state index contributed by atoms with van der Waals surface area (Å²) >= 11 is 0. The van der Waals surface area contributed by atoms with Gasteiger partial charge in [-0.05, 0) is 23.8 Å². The van der Waals surface area contributed by atoms with Crippen molar-refractivity contribution in [3.05, 3.63) is 64.1 Å². The van der Waals surface area contributed by atoms with Gasteiger partial charge in [0.25, 0.3) is 5.56 Å². The van der Waals surface area contributed by atoms with E-state index in [1.807, 2.05) is 18.2 Å². The summed E-state index contributed by atoms with van der Waals surface area (Å²) in [5, 5.41) is 2.09. The topological polar surface area (TPSA) is 79.1 Å². The zero-order valence-electron chi connectivity index (χ0n) is 13.8. The van der Waals surface area contributed by atoms with Gasteiger partial charge in [0.15, 0.2) is 11.5 Å². The number of benzene rings is 1. The first-order chi connectivity index (χ1) is 13.2. The summed E-state index contributed by atoms with van der Waals surface area (Å²) in [6, 6.07) is 7.44. The van der Waals surface area contributed by atoms with Crippen LogP contribution in [0.3, 0.4) is 0 Å². The highest BCUT2D eigenvalue weighted by atomic mass is 16.5. The Bertz CT molecular complexity index is 1470. The van der Waals surface area contributed by atoms with Crippen molar-refractivity contribution in [2.24, 2.45) is 0 Å². The highest BCUT2D eigenvalue weighted by Gasteiger charge is 2.18. The number of carbonyl (C=O) groups is 1. The van der Waals surface area contributed by atoms with Gasteiger partial charge in [-0.1, -0.05) is 0 Å². The molecule has 7 nitrogen and oxygen atoms in total. The fourth-order valence-electron chi connectivity index (χ4n) is 3.62. The molecule has 3 aromatic heterocycles. The van der Waals surface area contributed by atoms with E-state index < -0.39 is 0 Å². The van der Waals surface area contributed by atoms with Crippen molar-refractivity contribution >= 4 is 39.6 Å². The predicted octanol–water partition coefficient (Wildman–Crippen LogP) is 1.80. The molecule has 0 saturated heterocycles. The molecule has 0 bridgehead atoms. The maximum absolute atomic E-state index is 12.8. The van der Waals surface area contributed by atoms with Crippen molar-refractivity contribution in [3.63, 3.8) is 0 Å². The number of hydrogen-bond donors (Lipinski definition) is 0. The average Bonchev–Trinajstić information content (AvgIpc) is 3.02. The van der Waals surface area contributed by atoms with Crippen molar-refractivity contribution in [1.29, 1.82) is 0 Å². The molecule has 0 amide bonds. The molecule has 0 saturated carbocycles. The van der Waals surface area contributed by atoms with Crippen LogP contribution in [0, 0.1) is 0 Å². The molecular formula is C20H10N2O5. The SMILES string of the molecule is O=C1Cc2cc3c4nc5cc6c(cc5cc4cn3c(=O)c2=CO1)OC=CO6. The lowest BCUT2D eigenvalue weighted by molar-refractivity contribution is -0.135. The van der Waals surface area contributed by atoms with Gasteiger partial charge in [-0.2, -0.15) is 0 Å². The fraction of sp³-hybridized carbons (Fsp3) is 0.0500. The third kappa shape index (κ3) is 1.93. The minimum atomic E-state index is -0.377. The van der Waals surface area contributed by atoms with Crippen LogP contribution in [0.1, 0.15) is 5.56 Å². The van der Waals surface area contributed by atoms with Crippen LogP contribution in [0.4, 0.5) is 0 Å². The molecule has 2 aliphatic rings. The number of nitrogens with zero attached hydrogens (tertiary/aromatic N) is 2. The molecule has 1 aromatic carbocycles. The van der Waals surface area contributed by atoms with Crippen LogP contribution in [0.25, 0.3) is 33.6 Å². The van der Waals surface area contributed by atoms with Crippen molar-refractivity contribution in [1.82, 2.24) is 9.38 Å². The average molecular weight is 358 g/mol. The summed E-state index contributed by atoms with van der Waals surface area (Å²) in [6.45, 7) is 0. The molecule has 6 rings (SSSR count). The molecule has 0 atom stereocenters. The van der Waals surface area contributed by atoms with E-state index in [0.29, 0.717) is 33.3 Å². The molecule has 5 heterocycles. The summed E-state index contributed by atoms with van der Waals surface area (Å²) in [5.41, 5.74) is 2.50. The molecule has 0 fully saturated rings. The van der Waals surface area contributed by atoms with Crippen LogP contribution < -0.4 is 20.3 Å². The monoisotopic (exact) mass is 358 g/mol. The molecular weight excluding hydrogens is 348 g/mol. The van der Waals surface area contributed by atoms with Gasteiger partial charge in [0, 0.05) is 23.0 Å². The molecule has 27 heavy (non-hydrogen) atoms. The number of aromatic nitrogens is 2. The second kappa shape index (κ2) is 4.85. The number of fused-ring (bicyclic) bond motifs is 6. The number of hydrogen-bond acceptors (Lipinski definition) is 6. The summed E-state index contributed by atoms with van der Waals surface area (Å²) in [7, 11) is 0. The van der Waals surface area contributed by atoms with Crippen LogP contribution in [-0.4, -0.2) is 15.4 Å². The van der Waals surface area contributed by atoms with Crippen LogP contribution >= 0.6 is 0 Å². The van der Waals surface area contributed by atoms with E-state index >= 15 is 0 Å². The summed E-state index contributed by atoms with van der Waals surface area (Å²) in [6.07, 6.45) is 5.99. The smallest absolute Gasteiger partial charge is 0.315 e. The number of ether oxygens (including phenoxy) is 3. The van der Waals surface area contributed by atoms with Gasteiger partial charge in [0.2, 0.25) is 0 Å². The highest BCUT2D eigenvalue weighted by molar-refractivity contribution is 6.01. The van der Waals surface area contributed by atoms with E-state index in [1.54, 1.807) is 16.7 Å². The van der Waals surface area contributed by atoms with Gasteiger partial charge in [0.05, 0.1) is 28.2 Å². The molecule has 0 unspecified atom stereocenters. The molecule has 130 valence electrons. The number of rotatable bonds is 0. The van der Waals surface area contributed by atoms with Gasteiger partial charge in [-0.15, -0.1) is 0 Å². The minimum absolute atomic E-state index is 0.0723. The van der Waals surface area contributed by atoms with Crippen molar-refractivity contribution in [2.75, 3.05) is 0 Å². The lowest BCUT2D eigenvalue weighted by Crippen LogP contribution is -2.37. The third-order valence-corrected chi connectivity index (χ3v) is 4.87.